The van der Waals surface area contributed by atoms with Crippen LogP contribution >= 0.6 is 0 Å². The van der Waals surface area contributed by atoms with Gasteiger partial charge >= 0.3 is 0 Å². The van der Waals surface area contributed by atoms with Crippen molar-refractivity contribution in [1.29, 1.82) is 0 Å². The van der Waals surface area contributed by atoms with E-state index in [4.69, 9.17) is 0 Å². The average Bonchev–Trinajstić information content (AvgIpc) is 2.80. The predicted octanol–water partition coefficient (Wildman–Crippen LogP) is -0.807. The Morgan fingerprint density at radius 2 is 1.29 bits per heavy atom. The van der Waals surface area contributed by atoms with E-state index in [0.29, 0.717) is 19.3 Å². The van der Waals surface area contributed by atoms with Gasteiger partial charge in [0.15, 0.2) is 0 Å². The van der Waals surface area contributed by atoms with E-state index < -0.39 is 10.8 Å². The van der Waals surface area contributed by atoms with Crippen molar-refractivity contribution in [3.8, 4) is 0 Å². The van der Waals surface area contributed by atoms with Crippen LogP contribution in [0.3, 0.4) is 0 Å². The Bertz CT molecular complexity index is 478. The van der Waals surface area contributed by atoms with Crippen LogP contribution in [0.2, 0.25) is 0 Å². The largest absolute Gasteiger partial charge is 0.302 e. The van der Waals surface area contributed by atoms with E-state index in [1.54, 1.807) is 0 Å². The third kappa shape index (κ3) is 0.810. The number of amides is 2. The van der Waals surface area contributed by atoms with Gasteiger partial charge in [-0.25, -0.2) is 0 Å². The number of hydrazine groups is 2. The molecule has 88 valence electrons. The molecule has 0 unspecified atom stereocenters. The highest BCUT2D eigenvalue weighted by molar-refractivity contribution is 5.94. The van der Waals surface area contributed by atoms with Crippen molar-refractivity contribution in [3.63, 3.8) is 0 Å². The molecule has 6 heteroatoms. The first kappa shape index (κ1) is 9.09. The first-order valence-corrected chi connectivity index (χ1v) is 5.72. The Labute approximate surface area is 97.4 Å². The van der Waals surface area contributed by atoms with Gasteiger partial charge in [0, 0.05) is 11.4 Å². The van der Waals surface area contributed by atoms with Gasteiger partial charge < -0.3 is 10.9 Å². The summed E-state index contributed by atoms with van der Waals surface area (Å²) in [6.07, 6.45) is 5.77. The number of hydrogen-bond donors (Lipinski definition) is 4. The SMILES string of the molecule is O=C1NNC2=CC[C@@]34C[C@@]12CC=C3NNC4=O. The lowest BCUT2D eigenvalue weighted by Gasteiger charge is -2.42. The Hall–Kier alpha value is -1.98. The molecule has 4 rings (SSSR count). The van der Waals surface area contributed by atoms with Crippen LogP contribution in [0, 0.1) is 10.8 Å². The normalized spacial score (nSPS) is 41.2. The van der Waals surface area contributed by atoms with Gasteiger partial charge in [-0.15, -0.1) is 0 Å². The maximum Gasteiger partial charge on any atom is 0.250 e. The number of rotatable bonds is 0. The second kappa shape index (κ2) is 2.47. The third-order valence-corrected chi connectivity index (χ3v) is 4.43. The summed E-state index contributed by atoms with van der Waals surface area (Å²) < 4.78 is 0. The zero-order valence-corrected chi connectivity index (χ0v) is 9.09. The second-order valence-corrected chi connectivity index (χ2v) is 5.14. The maximum absolute atomic E-state index is 12.0. The molecule has 2 saturated heterocycles. The van der Waals surface area contributed by atoms with E-state index in [1.807, 2.05) is 12.2 Å². The zero-order chi connectivity index (χ0) is 11.7. The second-order valence-electron chi connectivity index (χ2n) is 5.14. The molecule has 0 saturated carbocycles. The summed E-state index contributed by atoms with van der Waals surface area (Å²) in [5.41, 5.74) is 11.9. The first-order valence-electron chi connectivity index (χ1n) is 5.72. The molecule has 17 heavy (non-hydrogen) atoms. The first-order chi connectivity index (χ1) is 8.17. The molecule has 2 aliphatic carbocycles. The van der Waals surface area contributed by atoms with Gasteiger partial charge in [0.1, 0.15) is 0 Å². The monoisotopic (exact) mass is 232 g/mol. The van der Waals surface area contributed by atoms with E-state index in [0.717, 1.165) is 11.4 Å². The summed E-state index contributed by atoms with van der Waals surface area (Å²) in [5, 5.41) is 0. The lowest BCUT2D eigenvalue weighted by atomic mass is 9.58. The van der Waals surface area contributed by atoms with Crippen LogP contribution in [0.4, 0.5) is 0 Å². The molecule has 2 fully saturated rings. The molecule has 0 radical (unpaired) electrons. The van der Waals surface area contributed by atoms with Crippen LogP contribution in [0.15, 0.2) is 23.5 Å². The smallest absolute Gasteiger partial charge is 0.250 e. The van der Waals surface area contributed by atoms with Crippen LogP contribution in [0.25, 0.3) is 0 Å². The molecule has 0 aromatic heterocycles. The molecule has 4 N–H and O–H groups in total. The Balaban J connectivity index is 1.93. The summed E-state index contributed by atoms with van der Waals surface area (Å²) in [6, 6.07) is 0. The number of carbonyl (C=O) groups is 2. The van der Waals surface area contributed by atoms with E-state index in [2.05, 4.69) is 21.7 Å². The molecular formula is C11H12N4O2. The van der Waals surface area contributed by atoms with Crippen molar-refractivity contribution >= 4 is 11.8 Å². The fraction of sp³-hybridized carbons (Fsp3) is 0.455. The summed E-state index contributed by atoms with van der Waals surface area (Å²) in [7, 11) is 0. The molecule has 0 aromatic carbocycles. The summed E-state index contributed by atoms with van der Waals surface area (Å²) in [4.78, 5) is 24.1. The molecule has 6 nitrogen and oxygen atoms in total. The number of hydrogen-bond acceptors (Lipinski definition) is 4. The highest BCUT2D eigenvalue weighted by atomic mass is 16.2. The zero-order valence-electron chi connectivity index (χ0n) is 9.09. The summed E-state index contributed by atoms with van der Waals surface area (Å²) in [5.74, 6) is -0.0596. The fourth-order valence-corrected chi connectivity index (χ4v) is 3.43. The van der Waals surface area contributed by atoms with Gasteiger partial charge in [-0.05, 0) is 19.3 Å². The van der Waals surface area contributed by atoms with Gasteiger partial charge in [-0.2, -0.15) is 0 Å². The van der Waals surface area contributed by atoms with Gasteiger partial charge in [0.25, 0.3) is 11.8 Å². The van der Waals surface area contributed by atoms with E-state index >= 15 is 0 Å². The molecule has 2 heterocycles. The van der Waals surface area contributed by atoms with Crippen molar-refractivity contribution in [2.75, 3.05) is 0 Å². The number of carbonyl (C=O) groups excluding carboxylic acids is 2. The minimum atomic E-state index is -0.564. The molecule has 2 aliphatic heterocycles. The van der Waals surface area contributed by atoms with Crippen molar-refractivity contribution < 1.29 is 9.59 Å². The Morgan fingerprint density at radius 3 is 1.76 bits per heavy atom. The molecule has 2 amide bonds. The van der Waals surface area contributed by atoms with Gasteiger partial charge in [0.05, 0.1) is 10.8 Å². The minimum Gasteiger partial charge on any atom is -0.302 e. The van der Waals surface area contributed by atoms with E-state index in [9.17, 15) is 9.59 Å². The Morgan fingerprint density at radius 1 is 0.824 bits per heavy atom. The quantitative estimate of drug-likeness (QED) is 0.440. The highest BCUT2D eigenvalue weighted by Crippen LogP contribution is 2.56. The van der Waals surface area contributed by atoms with Crippen LogP contribution in [-0.2, 0) is 9.59 Å². The van der Waals surface area contributed by atoms with Crippen LogP contribution in [0.5, 0.6) is 0 Å². The van der Waals surface area contributed by atoms with Crippen LogP contribution in [0.1, 0.15) is 19.3 Å². The topological polar surface area (TPSA) is 82.3 Å². The van der Waals surface area contributed by atoms with Gasteiger partial charge in [0.2, 0.25) is 0 Å². The third-order valence-electron chi connectivity index (χ3n) is 4.43. The maximum atomic E-state index is 12.0. The van der Waals surface area contributed by atoms with Crippen LogP contribution < -0.4 is 21.7 Å². The fourth-order valence-electron chi connectivity index (χ4n) is 3.43. The average molecular weight is 232 g/mol. The molecule has 0 aromatic rings. The standard InChI is InChI=1S/C11H12N4O2/c16-8-10-3-1-6-11(5-10,9(17)14-12-6)4-2-7(10)13-15-8/h1-2,12-13H,3-5H2,(H,14,17)(H,15,16)/t10-,11-/m1/s1. The predicted molar refractivity (Wildman–Crippen MR) is 57.4 cm³/mol. The lowest BCUT2D eigenvalue weighted by Crippen LogP contribution is -2.46. The van der Waals surface area contributed by atoms with E-state index in [1.165, 1.54) is 0 Å². The summed E-state index contributed by atoms with van der Waals surface area (Å²) in [6.45, 7) is 0. The number of allylic oxidation sites excluding steroid dienone is 2. The van der Waals surface area contributed by atoms with Crippen molar-refractivity contribution in [2.24, 2.45) is 10.8 Å². The molecule has 2 bridgehead atoms. The number of nitrogens with one attached hydrogen (secondary N) is 4. The molecule has 2 atom stereocenters. The highest BCUT2D eigenvalue weighted by Gasteiger charge is 2.61. The minimum absolute atomic E-state index is 0.0298. The van der Waals surface area contributed by atoms with Crippen molar-refractivity contribution in [2.45, 2.75) is 19.3 Å². The molecule has 4 aliphatic rings. The molecule has 2 spiro atoms. The molecular weight excluding hydrogens is 220 g/mol. The van der Waals surface area contributed by atoms with Gasteiger partial charge in [-0.1, -0.05) is 12.2 Å². The van der Waals surface area contributed by atoms with Gasteiger partial charge in [-0.3, -0.25) is 20.4 Å². The van der Waals surface area contributed by atoms with E-state index in [-0.39, 0.29) is 11.8 Å². The summed E-state index contributed by atoms with van der Waals surface area (Å²) >= 11 is 0. The Kier molecular flexibility index (Phi) is 1.32. The van der Waals surface area contributed by atoms with Crippen LogP contribution in [-0.4, -0.2) is 11.8 Å². The van der Waals surface area contributed by atoms with Crippen molar-refractivity contribution in [1.82, 2.24) is 21.7 Å². The lowest BCUT2D eigenvalue weighted by molar-refractivity contribution is -0.133. The van der Waals surface area contributed by atoms with Crippen molar-refractivity contribution in [3.05, 3.63) is 23.5 Å².